The van der Waals surface area contributed by atoms with Gasteiger partial charge in [-0.05, 0) is 18.4 Å². The molecule has 0 saturated carbocycles. The van der Waals surface area contributed by atoms with Crippen LogP contribution in [-0.4, -0.2) is 30.3 Å². The van der Waals surface area contributed by atoms with Gasteiger partial charge in [-0.25, -0.2) is 9.78 Å². The predicted octanol–water partition coefficient (Wildman–Crippen LogP) is 3.23. The molecule has 1 aromatic heterocycles. The molecule has 0 N–H and O–H groups in total. The van der Waals surface area contributed by atoms with Crippen LogP contribution in [0.5, 0.6) is 5.88 Å². The molecule has 0 aliphatic heterocycles. The Kier molecular flexibility index (Phi) is 5.79. The number of hydrogen-bond acceptors (Lipinski definition) is 4. The van der Waals surface area contributed by atoms with Gasteiger partial charge in [-0.2, -0.15) is 13.2 Å². The van der Waals surface area contributed by atoms with Crippen LogP contribution in [0.3, 0.4) is 0 Å². The average Bonchev–Trinajstić information content (AvgIpc) is 2.35. The molecule has 0 saturated heterocycles. The van der Waals surface area contributed by atoms with Gasteiger partial charge in [-0.3, -0.25) is 0 Å². The molecular formula is C13H16F3NO3. The molecule has 0 unspecified atom stereocenters. The second kappa shape index (κ2) is 7.12. The van der Waals surface area contributed by atoms with Crippen molar-refractivity contribution in [1.82, 2.24) is 4.98 Å². The molecule has 20 heavy (non-hydrogen) atoms. The molecule has 0 amide bonds. The molecule has 0 fully saturated rings. The minimum atomic E-state index is -4.42. The van der Waals surface area contributed by atoms with Gasteiger partial charge in [-0.1, -0.05) is 13.8 Å². The third kappa shape index (κ3) is 6.40. The monoisotopic (exact) mass is 291 g/mol. The van der Waals surface area contributed by atoms with E-state index in [1.165, 1.54) is 12.1 Å². The van der Waals surface area contributed by atoms with Crippen LogP contribution in [0.2, 0.25) is 0 Å². The highest BCUT2D eigenvalue weighted by Crippen LogP contribution is 2.17. The summed E-state index contributed by atoms with van der Waals surface area (Å²) < 4.78 is 45.2. The van der Waals surface area contributed by atoms with E-state index < -0.39 is 18.8 Å². The van der Waals surface area contributed by atoms with Crippen LogP contribution in [0.15, 0.2) is 18.3 Å². The molecule has 1 heterocycles. The zero-order valence-electron chi connectivity index (χ0n) is 11.2. The Hall–Kier alpha value is -1.79. The Morgan fingerprint density at radius 3 is 2.55 bits per heavy atom. The number of ether oxygens (including phenoxy) is 2. The fraction of sp³-hybridized carbons (Fsp3) is 0.538. The van der Waals surface area contributed by atoms with Crippen molar-refractivity contribution in [2.75, 3.05) is 13.2 Å². The number of esters is 1. The molecule has 1 aromatic rings. The van der Waals surface area contributed by atoms with E-state index in [-0.39, 0.29) is 11.4 Å². The van der Waals surface area contributed by atoms with E-state index in [2.05, 4.69) is 9.72 Å². The highest BCUT2D eigenvalue weighted by molar-refractivity contribution is 5.89. The van der Waals surface area contributed by atoms with Gasteiger partial charge in [0, 0.05) is 12.3 Å². The van der Waals surface area contributed by atoms with E-state index in [1.54, 1.807) is 0 Å². The second-order valence-corrected chi connectivity index (χ2v) is 4.61. The summed E-state index contributed by atoms with van der Waals surface area (Å²) >= 11 is 0. The minimum Gasteiger partial charge on any atom is -0.468 e. The Morgan fingerprint density at radius 2 is 2.05 bits per heavy atom. The van der Waals surface area contributed by atoms with Crippen molar-refractivity contribution >= 4 is 5.97 Å². The minimum absolute atomic E-state index is 0.174. The molecule has 0 atom stereocenters. The predicted molar refractivity (Wildman–Crippen MR) is 65.5 cm³/mol. The molecule has 0 radical (unpaired) electrons. The van der Waals surface area contributed by atoms with Crippen molar-refractivity contribution in [3.05, 3.63) is 23.9 Å². The summed E-state index contributed by atoms with van der Waals surface area (Å²) in [6.07, 6.45) is -2.55. The van der Waals surface area contributed by atoms with E-state index in [4.69, 9.17) is 4.74 Å². The van der Waals surface area contributed by atoms with E-state index in [9.17, 15) is 18.0 Å². The van der Waals surface area contributed by atoms with Crippen molar-refractivity contribution in [2.24, 2.45) is 5.92 Å². The van der Waals surface area contributed by atoms with Crippen molar-refractivity contribution in [2.45, 2.75) is 26.4 Å². The maximum atomic E-state index is 11.9. The van der Waals surface area contributed by atoms with Crippen molar-refractivity contribution in [1.29, 1.82) is 0 Å². The Morgan fingerprint density at radius 1 is 1.35 bits per heavy atom. The average molecular weight is 291 g/mol. The normalized spacial score (nSPS) is 11.5. The summed E-state index contributed by atoms with van der Waals surface area (Å²) in [5, 5.41) is 0. The van der Waals surface area contributed by atoms with Crippen LogP contribution in [0, 0.1) is 5.92 Å². The number of rotatable bonds is 6. The number of hydrogen-bond donors (Lipinski definition) is 0. The van der Waals surface area contributed by atoms with Crippen LogP contribution in [0.25, 0.3) is 0 Å². The number of aromatic nitrogens is 1. The second-order valence-electron chi connectivity index (χ2n) is 4.61. The third-order valence-corrected chi connectivity index (χ3v) is 2.28. The standard InChI is InChI=1S/C13H16F3NO3/c1-9(2)5-6-19-12(18)10-3-4-11(17-7-10)20-8-13(14,15)16/h3-4,7,9H,5-6,8H2,1-2H3. The van der Waals surface area contributed by atoms with Crippen LogP contribution >= 0.6 is 0 Å². The highest BCUT2D eigenvalue weighted by Gasteiger charge is 2.28. The molecule has 4 nitrogen and oxygen atoms in total. The van der Waals surface area contributed by atoms with Crippen LogP contribution < -0.4 is 4.74 Å². The fourth-order valence-corrected chi connectivity index (χ4v) is 1.21. The van der Waals surface area contributed by atoms with E-state index in [0.717, 1.165) is 12.6 Å². The SMILES string of the molecule is CC(C)CCOC(=O)c1ccc(OCC(F)(F)F)nc1. The first-order chi connectivity index (χ1) is 9.28. The summed E-state index contributed by atoms with van der Waals surface area (Å²) in [5.74, 6) is -0.333. The molecule has 0 spiro atoms. The van der Waals surface area contributed by atoms with E-state index in [0.29, 0.717) is 12.5 Å². The zero-order valence-corrected chi connectivity index (χ0v) is 11.2. The van der Waals surface area contributed by atoms with Gasteiger partial charge in [0.25, 0.3) is 0 Å². The fourth-order valence-electron chi connectivity index (χ4n) is 1.21. The zero-order chi connectivity index (χ0) is 15.2. The maximum Gasteiger partial charge on any atom is 0.422 e. The molecule has 7 heteroatoms. The lowest BCUT2D eigenvalue weighted by molar-refractivity contribution is -0.154. The summed E-state index contributed by atoms with van der Waals surface area (Å²) in [7, 11) is 0. The summed E-state index contributed by atoms with van der Waals surface area (Å²) in [5.41, 5.74) is 0.174. The lowest BCUT2D eigenvalue weighted by Crippen LogP contribution is -2.19. The van der Waals surface area contributed by atoms with Gasteiger partial charge in [0.1, 0.15) is 0 Å². The molecule has 0 aliphatic rings. The first kappa shape index (κ1) is 16.3. The van der Waals surface area contributed by atoms with Gasteiger partial charge >= 0.3 is 12.1 Å². The number of carbonyl (C=O) groups excluding carboxylic acids is 1. The van der Waals surface area contributed by atoms with Crippen molar-refractivity contribution in [3.8, 4) is 5.88 Å². The van der Waals surface area contributed by atoms with Gasteiger partial charge in [0.2, 0.25) is 5.88 Å². The lowest BCUT2D eigenvalue weighted by atomic mass is 10.1. The highest BCUT2D eigenvalue weighted by atomic mass is 19.4. The van der Waals surface area contributed by atoms with E-state index in [1.807, 2.05) is 13.8 Å². The molecule has 0 bridgehead atoms. The van der Waals surface area contributed by atoms with Crippen LogP contribution in [0.4, 0.5) is 13.2 Å². The van der Waals surface area contributed by atoms with E-state index >= 15 is 0 Å². The Labute approximate surface area is 114 Å². The quantitative estimate of drug-likeness (QED) is 0.755. The molecule has 112 valence electrons. The summed E-state index contributed by atoms with van der Waals surface area (Å²) in [4.78, 5) is 15.2. The first-order valence-corrected chi connectivity index (χ1v) is 6.10. The smallest absolute Gasteiger partial charge is 0.422 e. The largest absolute Gasteiger partial charge is 0.468 e. The molecular weight excluding hydrogens is 275 g/mol. The molecule has 0 aromatic carbocycles. The van der Waals surface area contributed by atoms with Crippen molar-refractivity contribution in [3.63, 3.8) is 0 Å². The number of carbonyl (C=O) groups is 1. The van der Waals surface area contributed by atoms with Gasteiger partial charge in [0.05, 0.1) is 12.2 Å². The number of halogens is 3. The topological polar surface area (TPSA) is 48.4 Å². The van der Waals surface area contributed by atoms with Crippen molar-refractivity contribution < 1.29 is 27.4 Å². The third-order valence-electron chi connectivity index (χ3n) is 2.28. The van der Waals surface area contributed by atoms with Gasteiger partial charge < -0.3 is 9.47 Å². The van der Waals surface area contributed by atoms with Gasteiger partial charge in [0.15, 0.2) is 6.61 Å². The number of nitrogens with zero attached hydrogens (tertiary/aromatic N) is 1. The summed E-state index contributed by atoms with van der Waals surface area (Å²) in [6.45, 7) is 2.88. The molecule has 0 aliphatic carbocycles. The van der Waals surface area contributed by atoms with Crippen LogP contribution in [0.1, 0.15) is 30.6 Å². The first-order valence-electron chi connectivity index (χ1n) is 6.10. The molecule has 1 rings (SSSR count). The maximum absolute atomic E-state index is 11.9. The Bertz CT molecular complexity index is 429. The lowest BCUT2D eigenvalue weighted by Gasteiger charge is -2.09. The number of alkyl halides is 3. The van der Waals surface area contributed by atoms with Crippen LogP contribution in [-0.2, 0) is 4.74 Å². The summed E-state index contributed by atoms with van der Waals surface area (Å²) in [6, 6.07) is 2.52. The number of pyridine rings is 1. The van der Waals surface area contributed by atoms with Gasteiger partial charge in [-0.15, -0.1) is 0 Å². The Balaban J connectivity index is 2.47.